The van der Waals surface area contributed by atoms with Crippen LogP contribution in [0.1, 0.15) is 17.2 Å². The molecule has 1 saturated heterocycles. The van der Waals surface area contributed by atoms with Gasteiger partial charge in [-0.25, -0.2) is 4.79 Å². The first-order chi connectivity index (χ1) is 12.8. The van der Waals surface area contributed by atoms with Crippen LogP contribution >= 0.6 is 0 Å². The number of phenolic OH excluding ortho intramolecular Hbond substituents is 2. The van der Waals surface area contributed by atoms with Gasteiger partial charge in [0.1, 0.15) is 6.10 Å². The molecule has 1 aliphatic rings. The van der Waals surface area contributed by atoms with E-state index in [4.69, 9.17) is 9.47 Å². The molecule has 0 saturated carbocycles. The van der Waals surface area contributed by atoms with Gasteiger partial charge in [-0.2, -0.15) is 0 Å². The third-order valence-corrected chi connectivity index (χ3v) is 4.46. The van der Waals surface area contributed by atoms with E-state index in [9.17, 15) is 24.9 Å². The first-order valence-electron chi connectivity index (χ1n) is 7.89. The van der Waals surface area contributed by atoms with Crippen molar-refractivity contribution in [2.24, 2.45) is 0 Å². The Morgan fingerprint density at radius 1 is 0.963 bits per heavy atom. The number of benzene rings is 2. The summed E-state index contributed by atoms with van der Waals surface area (Å²) in [4.78, 5) is 24.6. The molecule has 3 amide bonds. The summed E-state index contributed by atoms with van der Waals surface area (Å²) in [6.07, 6.45) is -1.53. The molecule has 0 bridgehead atoms. The summed E-state index contributed by atoms with van der Waals surface area (Å²) in [5.41, 5.74) is -1.46. The molecule has 0 radical (unpaired) electrons. The van der Waals surface area contributed by atoms with Gasteiger partial charge in [0, 0.05) is 0 Å². The molecular formula is C18H18N2O7. The van der Waals surface area contributed by atoms with E-state index in [1.165, 1.54) is 50.6 Å². The number of nitrogens with one attached hydrogen (secondary N) is 2. The number of hydrogen-bond acceptors (Lipinski definition) is 7. The SMILES string of the molecule is COc1cc([C@H](O)[C@@]2(c3ccc(O)c(OC)c3)NC(=O)NC2=O)ccc1O. The predicted molar refractivity (Wildman–Crippen MR) is 92.6 cm³/mol. The van der Waals surface area contributed by atoms with Crippen molar-refractivity contribution >= 4 is 11.9 Å². The van der Waals surface area contributed by atoms with Crippen molar-refractivity contribution in [3.05, 3.63) is 47.5 Å². The highest BCUT2D eigenvalue weighted by Gasteiger charge is 2.54. The molecule has 2 atom stereocenters. The van der Waals surface area contributed by atoms with Gasteiger partial charge in [0.05, 0.1) is 14.2 Å². The quantitative estimate of drug-likeness (QED) is 0.490. The maximum absolute atomic E-state index is 12.7. The standard InChI is InChI=1S/C18H18N2O7/c1-26-13-7-9(3-5-11(13)21)15(23)18(16(24)19-17(25)20-18)10-4-6-12(22)14(8-10)27-2/h3-8,15,21-23H,1-2H3,(H2,19,20,24,25)/t15-,18+/m0/s1. The second-order valence-electron chi connectivity index (χ2n) is 5.94. The van der Waals surface area contributed by atoms with Crippen LogP contribution in [0.2, 0.25) is 0 Å². The molecule has 1 heterocycles. The zero-order chi connectivity index (χ0) is 19.8. The zero-order valence-electron chi connectivity index (χ0n) is 14.5. The fourth-order valence-electron chi connectivity index (χ4n) is 3.06. The predicted octanol–water partition coefficient (Wildman–Crippen LogP) is 0.883. The molecule has 1 fully saturated rings. The zero-order valence-corrected chi connectivity index (χ0v) is 14.5. The summed E-state index contributed by atoms with van der Waals surface area (Å²) in [5, 5.41) is 35.2. The van der Waals surface area contributed by atoms with E-state index in [0.29, 0.717) is 0 Å². The first-order valence-corrected chi connectivity index (χ1v) is 7.89. The van der Waals surface area contributed by atoms with Gasteiger partial charge in [-0.3, -0.25) is 10.1 Å². The minimum Gasteiger partial charge on any atom is -0.504 e. The average Bonchev–Trinajstić information content (AvgIpc) is 2.96. The van der Waals surface area contributed by atoms with Crippen LogP contribution in [0.5, 0.6) is 23.0 Å². The molecule has 5 N–H and O–H groups in total. The van der Waals surface area contributed by atoms with Crippen LogP contribution < -0.4 is 20.1 Å². The minimum absolute atomic E-state index is 0.0660. The molecular weight excluding hydrogens is 356 g/mol. The number of ether oxygens (including phenoxy) is 2. The number of urea groups is 1. The highest BCUT2D eigenvalue weighted by molar-refractivity contribution is 6.08. The molecule has 0 spiro atoms. The molecule has 9 heteroatoms. The molecule has 1 aliphatic heterocycles. The van der Waals surface area contributed by atoms with E-state index < -0.39 is 23.6 Å². The fourth-order valence-corrected chi connectivity index (χ4v) is 3.06. The Morgan fingerprint density at radius 2 is 1.56 bits per heavy atom. The van der Waals surface area contributed by atoms with E-state index >= 15 is 0 Å². The summed E-state index contributed by atoms with van der Waals surface area (Å²) < 4.78 is 10.1. The van der Waals surface area contributed by atoms with Crippen molar-refractivity contribution in [3.8, 4) is 23.0 Å². The summed E-state index contributed by atoms with van der Waals surface area (Å²) in [5.74, 6) is -0.929. The molecule has 9 nitrogen and oxygen atoms in total. The maximum atomic E-state index is 12.7. The fraction of sp³-hybridized carbons (Fsp3) is 0.222. The molecule has 0 unspecified atom stereocenters. The van der Waals surface area contributed by atoms with Gasteiger partial charge in [0.15, 0.2) is 28.5 Å². The van der Waals surface area contributed by atoms with Crippen LogP contribution in [0.4, 0.5) is 4.79 Å². The Kier molecular flexibility index (Phi) is 4.54. The number of methoxy groups -OCH3 is 2. The van der Waals surface area contributed by atoms with Crippen molar-refractivity contribution < 1.29 is 34.4 Å². The normalized spacial score (nSPS) is 20.0. The van der Waals surface area contributed by atoms with E-state index in [1.54, 1.807) is 0 Å². The number of carbonyl (C=O) groups is 2. The van der Waals surface area contributed by atoms with E-state index in [0.717, 1.165) is 0 Å². The third kappa shape index (κ3) is 2.87. The highest BCUT2D eigenvalue weighted by Crippen LogP contribution is 2.42. The van der Waals surface area contributed by atoms with Crippen molar-refractivity contribution in [1.29, 1.82) is 0 Å². The number of aliphatic hydroxyl groups excluding tert-OH is 1. The molecule has 27 heavy (non-hydrogen) atoms. The molecule has 0 aromatic heterocycles. The Morgan fingerprint density at radius 3 is 2.11 bits per heavy atom. The summed E-state index contributed by atoms with van der Waals surface area (Å²) >= 11 is 0. The summed E-state index contributed by atoms with van der Waals surface area (Å²) in [6, 6.07) is 7.31. The molecule has 2 aromatic carbocycles. The molecule has 3 rings (SSSR count). The van der Waals surface area contributed by atoms with Gasteiger partial charge in [0.25, 0.3) is 5.91 Å². The van der Waals surface area contributed by atoms with Crippen molar-refractivity contribution in [1.82, 2.24) is 10.6 Å². The number of aromatic hydroxyl groups is 2. The average molecular weight is 374 g/mol. The Hall–Kier alpha value is -3.46. The van der Waals surface area contributed by atoms with Gasteiger partial charge in [-0.1, -0.05) is 12.1 Å². The number of aliphatic hydroxyl groups is 1. The van der Waals surface area contributed by atoms with Crippen LogP contribution in [0.3, 0.4) is 0 Å². The molecule has 142 valence electrons. The van der Waals surface area contributed by atoms with E-state index in [1.807, 2.05) is 0 Å². The Bertz CT molecular complexity index is 915. The van der Waals surface area contributed by atoms with E-state index in [-0.39, 0.29) is 34.1 Å². The number of amides is 3. The first kappa shape index (κ1) is 18.3. The number of carbonyl (C=O) groups excluding carboxylic acids is 2. The lowest BCUT2D eigenvalue weighted by molar-refractivity contribution is -0.128. The minimum atomic E-state index is -1.87. The van der Waals surface area contributed by atoms with Crippen LogP contribution in [0, 0.1) is 0 Å². The van der Waals surface area contributed by atoms with Gasteiger partial charge in [0.2, 0.25) is 0 Å². The molecule has 0 aliphatic carbocycles. The number of rotatable bonds is 5. The second-order valence-corrected chi connectivity index (χ2v) is 5.94. The third-order valence-electron chi connectivity index (χ3n) is 4.46. The highest BCUT2D eigenvalue weighted by atomic mass is 16.5. The molecule has 2 aromatic rings. The van der Waals surface area contributed by atoms with Gasteiger partial charge < -0.3 is 30.1 Å². The topological polar surface area (TPSA) is 137 Å². The van der Waals surface area contributed by atoms with E-state index in [2.05, 4.69) is 10.6 Å². The van der Waals surface area contributed by atoms with Crippen LogP contribution in [0.15, 0.2) is 36.4 Å². The lowest BCUT2D eigenvalue weighted by Crippen LogP contribution is -2.49. The number of hydrogen-bond donors (Lipinski definition) is 5. The van der Waals surface area contributed by atoms with Crippen molar-refractivity contribution in [3.63, 3.8) is 0 Å². The largest absolute Gasteiger partial charge is 0.504 e. The van der Waals surface area contributed by atoms with Crippen LogP contribution in [-0.4, -0.2) is 41.5 Å². The van der Waals surface area contributed by atoms with Gasteiger partial charge in [-0.15, -0.1) is 0 Å². The number of phenols is 2. The lowest BCUT2D eigenvalue weighted by atomic mass is 9.81. The van der Waals surface area contributed by atoms with Crippen molar-refractivity contribution in [2.45, 2.75) is 11.6 Å². The Labute approximate surface area is 154 Å². The van der Waals surface area contributed by atoms with Gasteiger partial charge >= 0.3 is 6.03 Å². The summed E-state index contributed by atoms with van der Waals surface area (Å²) in [6.45, 7) is 0. The smallest absolute Gasteiger partial charge is 0.322 e. The Balaban J connectivity index is 2.17. The second kappa shape index (κ2) is 6.69. The lowest BCUT2D eigenvalue weighted by Gasteiger charge is -2.32. The van der Waals surface area contributed by atoms with Crippen molar-refractivity contribution in [2.75, 3.05) is 14.2 Å². The maximum Gasteiger partial charge on any atom is 0.322 e. The summed E-state index contributed by atoms with van der Waals surface area (Å²) in [7, 11) is 2.68. The van der Waals surface area contributed by atoms with Gasteiger partial charge in [-0.05, 0) is 35.4 Å². The monoisotopic (exact) mass is 374 g/mol. The number of imide groups is 1. The van der Waals surface area contributed by atoms with Crippen LogP contribution in [-0.2, 0) is 10.3 Å². The van der Waals surface area contributed by atoms with Crippen LogP contribution in [0.25, 0.3) is 0 Å².